The Labute approximate surface area is 665 Å². The van der Waals surface area contributed by atoms with Gasteiger partial charge in [-0.2, -0.15) is 0 Å². The normalized spacial score (nSPS) is 13.9. The van der Waals surface area contributed by atoms with Crippen molar-refractivity contribution in [3.63, 3.8) is 0 Å². The molecular weight excluding hydrogens is 1450 g/mol. The number of rotatable bonds is 84. The van der Waals surface area contributed by atoms with Gasteiger partial charge in [0.25, 0.3) is 0 Å². The minimum absolute atomic E-state index is 0.147. The van der Waals surface area contributed by atoms with Crippen LogP contribution in [0.4, 0.5) is 4.79 Å². The number of hydrogen-bond acceptors (Lipinski definition) is 21. The number of nitrogens with two attached hydrogens (primary N) is 2. The maximum Gasteiger partial charge on any atom is 0.491 e. The van der Waals surface area contributed by atoms with E-state index in [0.29, 0.717) is 64.2 Å². The van der Waals surface area contributed by atoms with Gasteiger partial charge in [0.15, 0.2) is 0 Å². The number of Topliss-reactive ketones (excluding diaryl/α,β-unsaturated/α-hetero) is 2. The second-order valence-electron chi connectivity index (χ2n) is 29.4. The third-order valence-electron chi connectivity index (χ3n) is 18.9. The molecule has 0 bridgehead atoms. The van der Waals surface area contributed by atoms with Gasteiger partial charge in [0.1, 0.15) is 23.8 Å². The van der Waals surface area contributed by atoms with Crippen LogP contribution in [0.25, 0.3) is 0 Å². The van der Waals surface area contributed by atoms with Crippen LogP contribution in [0, 0.1) is 0 Å². The van der Waals surface area contributed by atoms with E-state index in [9.17, 15) is 42.7 Å². The maximum atomic E-state index is 13.7. The molecule has 0 heterocycles. The lowest BCUT2D eigenvalue weighted by atomic mass is 10.0. The molecule has 0 saturated heterocycles. The molecule has 0 aromatic carbocycles. The fourth-order valence-electron chi connectivity index (χ4n) is 12.3. The largest absolute Gasteiger partial charge is 0.491 e. The van der Waals surface area contributed by atoms with E-state index in [4.69, 9.17) is 48.8 Å². The van der Waals surface area contributed by atoms with E-state index in [1.165, 1.54) is 116 Å². The average Bonchev–Trinajstić information content (AvgIpc) is 0.895. The van der Waals surface area contributed by atoms with Crippen molar-refractivity contribution in [2.24, 2.45) is 11.8 Å². The first-order valence-electron chi connectivity index (χ1n) is 43.5. The van der Waals surface area contributed by atoms with Crippen molar-refractivity contribution in [3.05, 3.63) is 24.3 Å². The van der Waals surface area contributed by atoms with Gasteiger partial charge < -0.3 is 40.2 Å². The van der Waals surface area contributed by atoms with Crippen LogP contribution in [0.15, 0.2) is 24.3 Å². The van der Waals surface area contributed by atoms with Crippen LogP contribution < -0.4 is 33.1 Å². The second-order valence-corrected chi connectivity index (χ2v) is 32.7. The SMILES string of the molecule is CCCCCCC=CCCCC(=O)OC(CCCCCCC)CCOCC(COP(=O)(ON)OCCNC(=O)NCCOP(=O)(ON)OCC(COCCC(CCCCCCC)OC(=O)CCCC=CCCCCCC)NC(=O)CC(=O)CCCCCCCCCCC)NC(=O)CC(=O)CCCCCCCCCCC. The number of nitrogens with one attached hydrogen (secondary N) is 4. The number of allylic oxidation sites excluding steroid dienone is 4. The summed E-state index contributed by atoms with van der Waals surface area (Å²) in [7, 11) is -9.07. The molecule has 0 aliphatic rings. The second kappa shape index (κ2) is 77.6. The molecule has 8 N–H and O–H groups in total. The molecule has 6 unspecified atom stereocenters. The Kier molecular flexibility index (Phi) is 74.8. The Morgan fingerprint density at radius 2 is 0.636 bits per heavy atom. The Bertz CT molecular complexity index is 2260. The minimum atomic E-state index is -4.54. The van der Waals surface area contributed by atoms with Gasteiger partial charge in [-0.1, -0.05) is 258 Å². The molecule has 0 saturated carbocycles. The number of carbonyl (C=O) groups excluding carboxylic acids is 7. The topological polar surface area (TPSA) is 346 Å². The van der Waals surface area contributed by atoms with Crippen molar-refractivity contribution in [2.75, 3.05) is 65.9 Å². The first-order valence-corrected chi connectivity index (χ1v) is 46.4. The lowest BCUT2D eigenvalue weighted by molar-refractivity contribution is -0.151. The summed E-state index contributed by atoms with van der Waals surface area (Å²) < 4.78 is 82.7. The number of carbonyl (C=O) groups is 7. The van der Waals surface area contributed by atoms with E-state index in [2.05, 4.69) is 96.4 Å². The molecule has 27 heteroatoms. The fourth-order valence-corrected chi connectivity index (χ4v) is 14.1. The zero-order valence-electron chi connectivity index (χ0n) is 69.8. The van der Waals surface area contributed by atoms with Crippen LogP contribution >= 0.6 is 15.6 Å². The maximum absolute atomic E-state index is 13.7. The number of hydrogen-bond donors (Lipinski definition) is 6. The van der Waals surface area contributed by atoms with Crippen molar-refractivity contribution in [3.8, 4) is 0 Å². The van der Waals surface area contributed by atoms with Crippen LogP contribution in [0.2, 0.25) is 0 Å². The van der Waals surface area contributed by atoms with Gasteiger partial charge in [-0.05, 0) is 89.9 Å². The third kappa shape index (κ3) is 69.5. The molecular formula is C83H158N6O19P2. The number of ether oxygens (including phenoxy) is 4. The first-order chi connectivity index (χ1) is 53.4. The predicted octanol–water partition coefficient (Wildman–Crippen LogP) is 19.8. The molecule has 0 rings (SSSR count). The standard InChI is InChI=1S/C83H158N6O19P2/c1-7-13-19-25-29-33-37-43-47-53-75(90)67-79(92)88-73(69-99-63-59-77(55-49-41-23-17-11-5)105-81(94)57-51-45-39-35-31-27-21-15-9-3)71-103-109(97,107-84)101-65-61-86-83(96)87-62-66-102-110(98,108-85)104-72-74(89-80(93)68-76(91)54-48-44-38-34-30-26-20-14-8-2)70-100-64-60-78(56-50-42-24-18-12-6)106-82(95)58-52-46-40-36-32-28-22-16-10-4/h35-36,39-40,73-74,77-78H,7-34,37-38,41-72,84-85H2,1-6H3,(H,88,92)(H,89,93)(H2,86,87,96). The van der Waals surface area contributed by atoms with E-state index >= 15 is 0 Å². The summed E-state index contributed by atoms with van der Waals surface area (Å²) in [5, 5.41) is 10.5. The summed E-state index contributed by atoms with van der Waals surface area (Å²) in [5.74, 6) is 8.77. The molecule has 0 aliphatic carbocycles. The monoisotopic (exact) mass is 1610 g/mol. The first kappa shape index (κ1) is 106. The molecule has 0 spiro atoms. The van der Waals surface area contributed by atoms with Gasteiger partial charge in [-0.3, -0.25) is 46.9 Å². The Hall–Kier alpha value is -3.97. The summed E-state index contributed by atoms with van der Waals surface area (Å²) in [6, 6.07) is -2.67. The van der Waals surface area contributed by atoms with Gasteiger partial charge >= 0.3 is 33.6 Å². The van der Waals surface area contributed by atoms with Crippen LogP contribution in [-0.2, 0) is 84.2 Å². The van der Waals surface area contributed by atoms with Gasteiger partial charge in [0, 0.05) is 51.6 Å². The van der Waals surface area contributed by atoms with Crippen LogP contribution in [0.1, 0.15) is 375 Å². The summed E-state index contributed by atoms with van der Waals surface area (Å²) in [6.45, 7) is 10.8. The van der Waals surface area contributed by atoms with E-state index in [-0.39, 0.29) is 101 Å². The lowest BCUT2D eigenvalue weighted by Crippen LogP contribution is -2.42. The van der Waals surface area contributed by atoms with Crippen molar-refractivity contribution < 1.29 is 89.0 Å². The van der Waals surface area contributed by atoms with Gasteiger partial charge in [0.05, 0.1) is 77.8 Å². The molecule has 6 atom stereocenters. The highest BCUT2D eigenvalue weighted by atomic mass is 31.2. The van der Waals surface area contributed by atoms with Crippen molar-refractivity contribution in [1.29, 1.82) is 0 Å². The fraction of sp³-hybridized carbons (Fsp3) is 0.867. The van der Waals surface area contributed by atoms with Crippen molar-refractivity contribution in [1.82, 2.24) is 21.3 Å². The highest BCUT2D eigenvalue weighted by Gasteiger charge is 2.31. The van der Waals surface area contributed by atoms with Crippen LogP contribution in [-0.4, -0.2) is 132 Å². The van der Waals surface area contributed by atoms with Gasteiger partial charge in [0.2, 0.25) is 11.8 Å². The summed E-state index contributed by atoms with van der Waals surface area (Å²) >= 11 is 0. The van der Waals surface area contributed by atoms with Gasteiger partial charge in [-0.15, -0.1) is 0 Å². The highest BCUT2D eigenvalue weighted by molar-refractivity contribution is 7.48. The zero-order chi connectivity index (χ0) is 80.9. The number of urea groups is 1. The molecule has 0 aliphatic heterocycles. The van der Waals surface area contributed by atoms with E-state index in [0.717, 1.165) is 128 Å². The molecule has 0 aromatic heterocycles. The van der Waals surface area contributed by atoms with Crippen LogP contribution in [0.5, 0.6) is 0 Å². The minimum Gasteiger partial charge on any atom is -0.462 e. The number of phosphoric ester groups is 2. The Morgan fingerprint density at radius 1 is 0.336 bits per heavy atom. The lowest BCUT2D eigenvalue weighted by Gasteiger charge is -2.23. The van der Waals surface area contributed by atoms with E-state index in [1.54, 1.807) is 0 Å². The number of esters is 2. The Morgan fingerprint density at radius 3 is 0.964 bits per heavy atom. The van der Waals surface area contributed by atoms with Crippen LogP contribution in [0.3, 0.4) is 0 Å². The summed E-state index contributed by atoms with van der Waals surface area (Å²) in [4.78, 5) is 91.7. The highest BCUT2D eigenvalue weighted by Crippen LogP contribution is 2.48. The number of phosphoric acid groups is 2. The number of amides is 4. The smallest absolute Gasteiger partial charge is 0.462 e. The average molecular weight is 1610 g/mol. The molecule has 644 valence electrons. The summed E-state index contributed by atoms with van der Waals surface area (Å²) in [5.41, 5.74) is 0. The van der Waals surface area contributed by atoms with Crippen molar-refractivity contribution in [2.45, 2.75) is 400 Å². The third-order valence-corrected chi connectivity index (χ3v) is 21.4. The van der Waals surface area contributed by atoms with E-state index < -0.39 is 72.0 Å². The van der Waals surface area contributed by atoms with E-state index in [1.807, 2.05) is 0 Å². The molecule has 0 aromatic rings. The number of ketones is 2. The molecule has 4 amide bonds. The molecule has 110 heavy (non-hydrogen) atoms. The Balaban J connectivity index is 5.86. The van der Waals surface area contributed by atoms with Gasteiger partial charge in [-0.25, -0.2) is 35.0 Å². The molecule has 25 nitrogen and oxygen atoms in total. The predicted molar refractivity (Wildman–Crippen MR) is 439 cm³/mol. The number of unbranched alkanes of at least 4 members (excludes halogenated alkanes) is 34. The van der Waals surface area contributed by atoms with Crippen molar-refractivity contribution >= 4 is 57.0 Å². The quantitative estimate of drug-likeness (QED) is 0.00822. The summed E-state index contributed by atoms with van der Waals surface area (Å²) in [6.07, 6.45) is 54.9. The zero-order valence-corrected chi connectivity index (χ0v) is 71.6. The molecule has 0 radical (unpaired) electrons. The molecule has 0 fully saturated rings.